The molecule has 2 aliphatic rings. The third-order valence-corrected chi connectivity index (χ3v) is 2.89. The molecule has 3 atom stereocenters. The van der Waals surface area contributed by atoms with Gasteiger partial charge < -0.3 is 4.74 Å². The summed E-state index contributed by atoms with van der Waals surface area (Å²) in [7, 11) is 0. The van der Waals surface area contributed by atoms with Crippen molar-refractivity contribution in [2.45, 2.75) is 25.9 Å². The zero-order valence-electron chi connectivity index (χ0n) is 8.03. The Kier molecular flexibility index (Phi) is 2.27. The van der Waals surface area contributed by atoms with Crippen LogP contribution in [0.25, 0.3) is 0 Å². The van der Waals surface area contributed by atoms with E-state index in [0.717, 1.165) is 12.8 Å². The van der Waals surface area contributed by atoms with Crippen LogP contribution in [0.15, 0.2) is 12.2 Å². The molecule has 76 valence electrons. The predicted molar refractivity (Wildman–Crippen MR) is 49.4 cm³/mol. The van der Waals surface area contributed by atoms with Crippen molar-refractivity contribution in [1.29, 1.82) is 0 Å². The number of cyclic esters (lactones) is 1. The Morgan fingerprint density at radius 1 is 1.50 bits per heavy atom. The van der Waals surface area contributed by atoms with E-state index in [-0.39, 0.29) is 11.8 Å². The van der Waals surface area contributed by atoms with Gasteiger partial charge >= 0.3 is 6.09 Å². The number of alkyl carbamates (subject to hydrolysis) is 1. The van der Waals surface area contributed by atoms with Crippen molar-refractivity contribution in [3.05, 3.63) is 12.2 Å². The number of hydrogen-bond acceptors (Lipinski definition) is 3. The first-order chi connectivity index (χ1) is 6.68. The van der Waals surface area contributed by atoms with Crippen LogP contribution in [-0.2, 0) is 9.53 Å². The summed E-state index contributed by atoms with van der Waals surface area (Å²) in [6.07, 6.45) is 4.85. The number of ether oxygens (including phenoxy) is 1. The van der Waals surface area contributed by atoms with Crippen LogP contribution in [0.2, 0.25) is 0 Å². The molecule has 0 spiro atoms. The fourth-order valence-corrected chi connectivity index (χ4v) is 2.08. The first-order valence-electron chi connectivity index (χ1n) is 4.86. The van der Waals surface area contributed by atoms with Crippen molar-refractivity contribution in [1.82, 2.24) is 5.32 Å². The highest BCUT2D eigenvalue weighted by atomic mass is 16.6. The fourth-order valence-electron chi connectivity index (χ4n) is 2.08. The second-order valence-electron chi connectivity index (χ2n) is 3.84. The molecule has 3 unspecified atom stereocenters. The normalized spacial score (nSPS) is 36.8. The summed E-state index contributed by atoms with van der Waals surface area (Å²) in [5.74, 6) is 0.138. The van der Waals surface area contributed by atoms with E-state index < -0.39 is 12.2 Å². The lowest BCUT2D eigenvalue weighted by Crippen LogP contribution is -2.34. The number of hydrogen-bond donors (Lipinski definition) is 1. The van der Waals surface area contributed by atoms with Crippen LogP contribution in [0, 0.1) is 11.8 Å². The molecule has 0 radical (unpaired) electrons. The molecule has 0 aromatic heterocycles. The Bertz CT molecular complexity index is 298. The fraction of sp³-hybridized carbons (Fsp3) is 0.600. The molecule has 4 heteroatoms. The van der Waals surface area contributed by atoms with E-state index in [1.54, 1.807) is 0 Å². The average Bonchev–Trinajstić information content (AvgIpc) is 2.46. The quantitative estimate of drug-likeness (QED) is 0.640. The van der Waals surface area contributed by atoms with Gasteiger partial charge in [0, 0.05) is 5.92 Å². The Hall–Kier alpha value is -1.32. The molecule has 0 aromatic rings. The maximum atomic E-state index is 11.3. The third-order valence-electron chi connectivity index (χ3n) is 2.89. The smallest absolute Gasteiger partial charge is 0.414 e. The number of nitrogens with one attached hydrogen (secondary N) is 1. The van der Waals surface area contributed by atoms with Gasteiger partial charge in [-0.2, -0.15) is 0 Å². The van der Waals surface area contributed by atoms with Crippen molar-refractivity contribution < 1.29 is 14.3 Å². The highest BCUT2D eigenvalue weighted by molar-refractivity contribution is 6.00. The highest BCUT2D eigenvalue weighted by Gasteiger charge is 2.40. The summed E-state index contributed by atoms with van der Waals surface area (Å²) in [6, 6.07) is 0. The maximum absolute atomic E-state index is 11.3. The second-order valence-corrected chi connectivity index (χ2v) is 3.84. The minimum Gasteiger partial charge on any atom is -0.435 e. The van der Waals surface area contributed by atoms with E-state index in [2.05, 4.69) is 17.5 Å². The van der Waals surface area contributed by atoms with Crippen molar-refractivity contribution in [3.63, 3.8) is 0 Å². The number of imide groups is 1. The summed E-state index contributed by atoms with van der Waals surface area (Å²) < 4.78 is 4.95. The molecular weight excluding hydrogens is 182 g/mol. The van der Waals surface area contributed by atoms with Gasteiger partial charge in [-0.15, -0.1) is 0 Å². The van der Waals surface area contributed by atoms with E-state index >= 15 is 0 Å². The van der Waals surface area contributed by atoms with E-state index in [4.69, 9.17) is 4.74 Å². The second kappa shape index (κ2) is 3.44. The molecule has 1 fully saturated rings. The largest absolute Gasteiger partial charge is 0.435 e. The van der Waals surface area contributed by atoms with E-state index in [1.807, 2.05) is 6.92 Å². The summed E-state index contributed by atoms with van der Waals surface area (Å²) in [6.45, 7) is 2.04. The minimum absolute atomic E-state index is 0.131. The summed E-state index contributed by atoms with van der Waals surface area (Å²) in [4.78, 5) is 22.2. The van der Waals surface area contributed by atoms with Gasteiger partial charge in [-0.1, -0.05) is 19.1 Å². The van der Waals surface area contributed by atoms with E-state index in [9.17, 15) is 9.59 Å². The lowest BCUT2D eigenvalue weighted by atomic mass is 9.81. The van der Waals surface area contributed by atoms with Gasteiger partial charge in [-0.05, 0) is 18.8 Å². The molecule has 0 saturated carbocycles. The lowest BCUT2D eigenvalue weighted by Gasteiger charge is -2.26. The van der Waals surface area contributed by atoms with Crippen molar-refractivity contribution >= 4 is 12.0 Å². The van der Waals surface area contributed by atoms with Crippen molar-refractivity contribution in [3.8, 4) is 0 Å². The Labute approximate surface area is 82.3 Å². The Morgan fingerprint density at radius 2 is 2.29 bits per heavy atom. The van der Waals surface area contributed by atoms with Crippen LogP contribution in [0.5, 0.6) is 0 Å². The van der Waals surface area contributed by atoms with Crippen LogP contribution >= 0.6 is 0 Å². The maximum Gasteiger partial charge on any atom is 0.414 e. The number of carbonyl (C=O) groups excluding carboxylic acids is 2. The third kappa shape index (κ3) is 1.52. The molecule has 1 N–H and O–H groups in total. The molecule has 4 nitrogen and oxygen atoms in total. The predicted octanol–water partition coefficient (Wildman–Crippen LogP) is 1.22. The molecule has 2 rings (SSSR count). The highest BCUT2D eigenvalue weighted by Crippen LogP contribution is 2.30. The number of amides is 2. The molecule has 1 aliphatic carbocycles. The zero-order chi connectivity index (χ0) is 10.1. The van der Waals surface area contributed by atoms with Crippen LogP contribution in [-0.4, -0.2) is 18.1 Å². The van der Waals surface area contributed by atoms with E-state index in [0.29, 0.717) is 5.92 Å². The summed E-state index contributed by atoms with van der Waals surface area (Å²) >= 11 is 0. The van der Waals surface area contributed by atoms with Gasteiger partial charge in [-0.3, -0.25) is 10.1 Å². The summed E-state index contributed by atoms with van der Waals surface area (Å²) in [5.41, 5.74) is 0. The van der Waals surface area contributed by atoms with Crippen molar-refractivity contribution in [2.75, 3.05) is 0 Å². The molecule has 0 bridgehead atoms. The van der Waals surface area contributed by atoms with Gasteiger partial charge in [0.1, 0.15) is 0 Å². The average molecular weight is 195 g/mol. The van der Waals surface area contributed by atoms with Crippen LogP contribution in [0.3, 0.4) is 0 Å². The SMILES string of the molecule is CC1C=CCCC1C1OC(=O)NC1=O. The standard InChI is InChI=1S/C10H13NO3/c1-6-4-2-3-5-7(6)8-9(12)11-10(13)14-8/h2,4,6-8H,3,5H2,1H3,(H,11,12,13). The molecule has 1 aliphatic heterocycles. The number of rotatable bonds is 1. The molecular formula is C10H13NO3. The monoisotopic (exact) mass is 195 g/mol. The topological polar surface area (TPSA) is 55.4 Å². The number of allylic oxidation sites excluding steroid dienone is 2. The molecule has 2 amide bonds. The lowest BCUT2D eigenvalue weighted by molar-refractivity contribution is -0.126. The Morgan fingerprint density at radius 3 is 2.86 bits per heavy atom. The minimum atomic E-state index is -0.609. The Balaban J connectivity index is 2.11. The number of carbonyl (C=O) groups is 2. The molecule has 1 heterocycles. The van der Waals surface area contributed by atoms with Gasteiger partial charge in [-0.25, -0.2) is 4.79 Å². The molecule has 0 aromatic carbocycles. The van der Waals surface area contributed by atoms with Crippen LogP contribution in [0.1, 0.15) is 19.8 Å². The van der Waals surface area contributed by atoms with Crippen LogP contribution < -0.4 is 5.32 Å². The first kappa shape index (κ1) is 9.24. The van der Waals surface area contributed by atoms with Gasteiger partial charge in [0.25, 0.3) is 5.91 Å². The summed E-state index contributed by atoms with van der Waals surface area (Å²) in [5, 5.41) is 2.16. The zero-order valence-corrected chi connectivity index (χ0v) is 8.03. The van der Waals surface area contributed by atoms with E-state index in [1.165, 1.54) is 0 Å². The van der Waals surface area contributed by atoms with Crippen LogP contribution in [0.4, 0.5) is 4.79 Å². The first-order valence-corrected chi connectivity index (χ1v) is 4.86. The van der Waals surface area contributed by atoms with Gasteiger partial charge in [0.15, 0.2) is 6.10 Å². The van der Waals surface area contributed by atoms with Gasteiger partial charge in [0.05, 0.1) is 0 Å². The van der Waals surface area contributed by atoms with Crippen molar-refractivity contribution in [2.24, 2.45) is 11.8 Å². The molecule has 1 saturated heterocycles. The van der Waals surface area contributed by atoms with Gasteiger partial charge in [0.2, 0.25) is 0 Å². The molecule has 14 heavy (non-hydrogen) atoms.